The summed E-state index contributed by atoms with van der Waals surface area (Å²) in [6.45, 7) is 4.90. The Morgan fingerprint density at radius 2 is 2.23 bits per heavy atom. The number of thiocarbonyl (C=S) groups is 1. The summed E-state index contributed by atoms with van der Waals surface area (Å²) < 4.78 is 15.3. The van der Waals surface area contributed by atoms with Gasteiger partial charge in [0.2, 0.25) is 0 Å². The number of nitrogens with zero attached hydrogens (tertiary/aromatic N) is 2. The Labute approximate surface area is 185 Å². The van der Waals surface area contributed by atoms with Crippen molar-refractivity contribution >= 4 is 40.2 Å². The van der Waals surface area contributed by atoms with Gasteiger partial charge < -0.3 is 11.1 Å². The van der Waals surface area contributed by atoms with Crippen LogP contribution in [-0.4, -0.2) is 33.1 Å². The molecular weight excluding hydrogens is 423 g/mol. The topological polar surface area (TPSA) is 72.9 Å². The summed E-state index contributed by atoms with van der Waals surface area (Å²) in [5.41, 5.74) is 9.75. The fourth-order valence-corrected chi connectivity index (χ4v) is 4.10. The molecule has 1 atom stereocenters. The van der Waals surface area contributed by atoms with Gasteiger partial charge in [-0.05, 0) is 49.6 Å². The van der Waals surface area contributed by atoms with Crippen LogP contribution in [0.5, 0.6) is 0 Å². The molecule has 1 aromatic heterocycles. The summed E-state index contributed by atoms with van der Waals surface area (Å²) in [4.78, 5) is 13.4. The number of rotatable bonds is 7. The minimum atomic E-state index is -0.351. The summed E-state index contributed by atoms with van der Waals surface area (Å²) in [6.07, 6.45) is 4.21. The SMILES string of the molecule is CCn1ncc(C)c1C1=C(Cl)C=C(C(=O)N[C@H](CN)Cc2cccc(F)c2)C(=S)C1. The van der Waals surface area contributed by atoms with Crippen LogP contribution in [0.15, 0.2) is 47.1 Å². The van der Waals surface area contributed by atoms with Crippen LogP contribution < -0.4 is 11.1 Å². The van der Waals surface area contributed by atoms with Crippen molar-refractivity contribution < 1.29 is 9.18 Å². The summed E-state index contributed by atoms with van der Waals surface area (Å²) in [7, 11) is 0. The predicted molar refractivity (Wildman–Crippen MR) is 122 cm³/mol. The van der Waals surface area contributed by atoms with Crippen LogP contribution in [0.1, 0.15) is 30.2 Å². The first-order valence-electron chi connectivity index (χ1n) is 9.75. The molecule has 0 fully saturated rings. The minimum absolute atomic E-state index is 0.214. The molecule has 30 heavy (non-hydrogen) atoms. The molecule has 5 nitrogen and oxygen atoms in total. The molecule has 3 rings (SSSR count). The lowest BCUT2D eigenvalue weighted by Gasteiger charge is -2.22. The van der Waals surface area contributed by atoms with Crippen molar-refractivity contribution in [3.8, 4) is 0 Å². The average molecular weight is 447 g/mol. The molecule has 0 radical (unpaired) electrons. The molecule has 0 saturated carbocycles. The summed E-state index contributed by atoms with van der Waals surface area (Å²) >= 11 is 12.1. The highest BCUT2D eigenvalue weighted by molar-refractivity contribution is 7.81. The molecular formula is C22H24ClFN4OS. The molecule has 1 heterocycles. The summed E-state index contributed by atoms with van der Waals surface area (Å²) in [5.74, 6) is -0.651. The highest BCUT2D eigenvalue weighted by atomic mass is 35.5. The fourth-order valence-electron chi connectivity index (χ4n) is 3.54. The lowest BCUT2D eigenvalue weighted by atomic mass is 9.93. The van der Waals surface area contributed by atoms with Gasteiger partial charge in [0, 0.05) is 41.0 Å². The van der Waals surface area contributed by atoms with Gasteiger partial charge in [0.25, 0.3) is 5.91 Å². The molecule has 1 aromatic carbocycles. The zero-order valence-electron chi connectivity index (χ0n) is 16.9. The molecule has 8 heteroatoms. The number of aryl methyl sites for hydroxylation is 2. The van der Waals surface area contributed by atoms with Crippen molar-refractivity contribution in [3.05, 3.63) is 69.8 Å². The van der Waals surface area contributed by atoms with Crippen molar-refractivity contribution in [1.29, 1.82) is 0 Å². The highest BCUT2D eigenvalue weighted by Gasteiger charge is 2.26. The Hall–Kier alpha value is -2.35. The van der Waals surface area contributed by atoms with E-state index in [-0.39, 0.29) is 24.3 Å². The predicted octanol–water partition coefficient (Wildman–Crippen LogP) is 3.69. The van der Waals surface area contributed by atoms with Gasteiger partial charge in [-0.25, -0.2) is 4.39 Å². The molecule has 2 aromatic rings. The Kier molecular flexibility index (Phi) is 7.18. The van der Waals surface area contributed by atoms with E-state index in [0.29, 0.717) is 34.9 Å². The summed E-state index contributed by atoms with van der Waals surface area (Å²) in [5, 5.41) is 7.73. The number of allylic oxidation sites excluding steroid dienone is 3. The zero-order valence-corrected chi connectivity index (χ0v) is 18.5. The second-order valence-corrected chi connectivity index (χ2v) is 8.12. The first-order valence-corrected chi connectivity index (χ1v) is 10.5. The number of aromatic nitrogens is 2. The van der Waals surface area contributed by atoms with Gasteiger partial charge in [-0.15, -0.1) is 0 Å². The van der Waals surface area contributed by atoms with E-state index in [0.717, 1.165) is 22.4 Å². The number of nitrogens with one attached hydrogen (secondary N) is 1. The van der Waals surface area contributed by atoms with Crippen LogP contribution in [0, 0.1) is 12.7 Å². The van der Waals surface area contributed by atoms with Crippen LogP contribution >= 0.6 is 23.8 Å². The van der Waals surface area contributed by atoms with Gasteiger partial charge in [0.1, 0.15) is 5.82 Å². The second-order valence-electron chi connectivity index (χ2n) is 7.22. The molecule has 0 bridgehead atoms. The highest BCUT2D eigenvalue weighted by Crippen LogP contribution is 2.34. The first kappa shape index (κ1) is 22.3. The van der Waals surface area contributed by atoms with E-state index in [4.69, 9.17) is 29.6 Å². The van der Waals surface area contributed by atoms with E-state index >= 15 is 0 Å². The Balaban J connectivity index is 1.81. The van der Waals surface area contributed by atoms with Crippen LogP contribution in [0.25, 0.3) is 5.57 Å². The number of halogens is 2. The van der Waals surface area contributed by atoms with Gasteiger partial charge in [0.15, 0.2) is 0 Å². The van der Waals surface area contributed by atoms with Crippen LogP contribution in [-0.2, 0) is 17.8 Å². The molecule has 1 amide bonds. The van der Waals surface area contributed by atoms with Gasteiger partial charge in [-0.2, -0.15) is 5.10 Å². The normalized spacial score (nSPS) is 15.2. The molecule has 0 unspecified atom stereocenters. The first-order chi connectivity index (χ1) is 14.3. The Bertz CT molecular complexity index is 1040. The van der Waals surface area contributed by atoms with Crippen molar-refractivity contribution in [2.45, 2.75) is 39.3 Å². The van der Waals surface area contributed by atoms with Crippen molar-refractivity contribution in [3.63, 3.8) is 0 Å². The van der Waals surface area contributed by atoms with Gasteiger partial charge in [-0.3, -0.25) is 9.48 Å². The third-order valence-corrected chi connectivity index (χ3v) is 5.74. The molecule has 1 aliphatic rings. The van der Waals surface area contributed by atoms with E-state index in [1.807, 2.05) is 18.5 Å². The second kappa shape index (κ2) is 9.64. The largest absolute Gasteiger partial charge is 0.348 e. The van der Waals surface area contributed by atoms with Crippen molar-refractivity contribution in [2.24, 2.45) is 5.73 Å². The third-order valence-electron chi connectivity index (χ3n) is 5.04. The molecule has 158 valence electrons. The maximum atomic E-state index is 13.4. The van der Waals surface area contributed by atoms with E-state index in [1.165, 1.54) is 12.1 Å². The van der Waals surface area contributed by atoms with E-state index in [1.54, 1.807) is 24.4 Å². The maximum absolute atomic E-state index is 13.4. The lowest BCUT2D eigenvalue weighted by Crippen LogP contribution is -2.43. The number of carbonyl (C=O) groups is 1. The summed E-state index contributed by atoms with van der Waals surface area (Å²) in [6, 6.07) is 5.89. The van der Waals surface area contributed by atoms with Gasteiger partial charge >= 0.3 is 0 Å². The van der Waals surface area contributed by atoms with Gasteiger partial charge in [-0.1, -0.05) is 36.0 Å². The van der Waals surface area contributed by atoms with Crippen molar-refractivity contribution in [1.82, 2.24) is 15.1 Å². The van der Waals surface area contributed by atoms with Gasteiger partial charge in [0.05, 0.1) is 17.5 Å². The smallest absolute Gasteiger partial charge is 0.252 e. The molecule has 3 N–H and O–H groups in total. The van der Waals surface area contributed by atoms with E-state index in [9.17, 15) is 9.18 Å². The number of carbonyl (C=O) groups excluding carboxylic acids is 1. The number of benzene rings is 1. The lowest BCUT2D eigenvalue weighted by molar-refractivity contribution is -0.117. The number of hydrogen-bond acceptors (Lipinski definition) is 4. The minimum Gasteiger partial charge on any atom is -0.348 e. The maximum Gasteiger partial charge on any atom is 0.252 e. The van der Waals surface area contributed by atoms with Crippen LogP contribution in [0.3, 0.4) is 0 Å². The standard InChI is InChI=1S/C22H24ClFN4OS/c1-3-28-21(13(2)12-26-28)17-10-20(30)18(9-19(17)23)22(29)27-16(11-25)8-14-5-4-6-15(24)7-14/h4-7,9,12,16H,3,8,10-11,25H2,1-2H3,(H,27,29)/t16-/m0/s1. The molecule has 0 aliphatic heterocycles. The number of hydrogen-bond donors (Lipinski definition) is 2. The van der Waals surface area contributed by atoms with Crippen molar-refractivity contribution in [2.75, 3.05) is 6.54 Å². The van der Waals surface area contributed by atoms with Crippen LogP contribution in [0.4, 0.5) is 4.39 Å². The van der Waals surface area contributed by atoms with E-state index in [2.05, 4.69) is 10.4 Å². The molecule has 0 saturated heterocycles. The number of nitrogens with two attached hydrogens (primary N) is 1. The molecule has 1 aliphatic carbocycles. The Morgan fingerprint density at radius 1 is 1.47 bits per heavy atom. The monoisotopic (exact) mass is 446 g/mol. The van der Waals surface area contributed by atoms with E-state index < -0.39 is 0 Å². The zero-order chi connectivity index (χ0) is 21.8. The quantitative estimate of drug-likeness (QED) is 0.636. The van der Waals surface area contributed by atoms with Crippen LogP contribution in [0.2, 0.25) is 0 Å². The molecule has 0 spiro atoms. The average Bonchev–Trinajstić information content (AvgIpc) is 3.09. The number of amides is 1. The third kappa shape index (κ3) is 4.86. The fraction of sp³-hybridized carbons (Fsp3) is 0.318. The Morgan fingerprint density at radius 3 is 2.90 bits per heavy atom.